The molecule has 0 spiro atoms. The Hall–Kier alpha value is -1.34. The van der Waals surface area contributed by atoms with Crippen LogP contribution in [0, 0.1) is 11.7 Å². The molecule has 0 N–H and O–H groups in total. The molecule has 0 heterocycles. The van der Waals surface area contributed by atoms with Crippen LogP contribution in [0.25, 0.3) is 11.1 Å². The van der Waals surface area contributed by atoms with E-state index >= 15 is 0 Å². The van der Waals surface area contributed by atoms with E-state index in [2.05, 4.69) is 13.0 Å². The van der Waals surface area contributed by atoms with Crippen molar-refractivity contribution in [2.75, 3.05) is 0 Å². The molecule has 0 nitrogen and oxygen atoms in total. The largest absolute Gasteiger partial charge is 0.206 e. The molecule has 1 saturated carbocycles. The van der Waals surface area contributed by atoms with Crippen LogP contribution >= 0.6 is 11.6 Å². The quantitative estimate of drug-likeness (QED) is 0.397. The third kappa shape index (κ3) is 5.82. The zero-order chi connectivity index (χ0) is 19.1. The van der Waals surface area contributed by atoms with Crippen LogP contribution in [-0.4, -0.2) is 0 Å². The minimum Gasteiger partial charge on any atom is -0.206 e. The highest BCUT2D eigenvalue weighted by Gasteiger charge is 2.22. The van der Waals surface area contributed by atoms with E-state index in [9.17, 15) is 4.39 Å². The minimum absolute atomic E-state index is 0.118. The number of benzene rings is 2. The van der Waals surface area contributed by atoms with Gasteiger partial charge in [-0.2, -0.15) is 0 Å². The highest BCUT2D eigenvalue weighted by molar-refractivity contribution is 6.30. The Balaban J connectivity index is 1.52. The van der Waals surface area contributed by atoms with Crippen molar-refractivity contribution in [3.8, 4) is 11.1 Å². The fourth-order valence-electron chi connectivity index (χ4n) is 4.47. The van der Waals surface area contributed by atoms with Gasteiger partial charge in [0.25, 0.3) is 0 Å². The molecular weight excluding hydrogens is 355 g/mol. The van der Waals surface area contributed by atoms with Gasteiger partial charge >= 0.3 is 0 Å². The van der Waals surface area contributed by atoms with Gasteiger partial charge in [-0.05, 0) is 66.8 Å². The number of hydrogen-bond donors (Lipinski definition) is 0. The Kier molecular flexibility index (Phi) is 7.76. The molecule has 0 amide bonds. The van der Waals surface area contributed by atoms with Crippen LogP contribution in [0.5, 0.6) is 0 Å². The second kappa shape index (κ2) is 10.3. The zero-order valence-corrected chi connectivity index (χ0v) is 17.3. The van der Waals surface area contributed by atoms with Crippen molar-refractivity contribution in [1.82, 2.24) is 0 Å². The van der Waals surface area contributed by atoms with Crippen LogP contribution in [-0.2, 0) is 0 Å². The van der Waals surface area contributed by atoms with Gasteiger partial charge in [-0.25, -0.2) is 4.39 Å². The Morgan fingerprint density at radius 3 is 2.26 bits per heavy atom. The predicted octanol–water partition coefficient (Wildman–Crippen LogP) is 8.78. The topological polar surface area (TPSA) is 0 Å². The lowest BCUT2D eigenvalue weighted by Gasteiger charge is -2.29. The predicted molar refractivity (Wildman–Crippen MR) is 115 cm³/mol. The molecule has 0 atom stereocenters. The van der Waals surface area contributed by atoms with Crippen molar-refractivity contribution in [3.63, 3.8) is 0 Å². The molecule has 1 fully saturated rings. The molecule has 1 aliphatic carbocycles. The van der Waals surface area contributed by atoms with Crippen LogP contribution in [0.15, 0.2) is 42.5 Å². The first-order chi connectivity index (χ1) is 13.2. The highest BCUT2D eigenvalue weighted by Crippen LogP contribution is 2.39. The lowest BCUT2D eigenvalue weighted by Crippen LogP contribution is -2.13. The van der Waals surface area contributed by atoms with Gasteiger partial charge in [-0.15, -0.1) is 0 Å². The van der Waals surface area contributed by atoms with Gasteiger partial charge in [0.2, 0.25) is 0 Å². The van der Waals surface area contributed by atoms with Crippen molar-refractivity contribution in [2.24, 2.45) is 5.92 Å². The van der Waals surface area contributed by atoms with Gasteiger partial charge in [0, 0.05) is 10.6 Å². The van der Waals surface area contributed by atoms with Crippen LogP contribution in [0.1, 0.15) is 82.6 Å². The van der Waals surface area contributed by atoms with E-state index in [4.69, 9.17) is 11.6 Å². The van der Waals surface area contributed by atoms with Crippen LogP contribution in [0.4, 0.5) is 4.39 Å². The molecule has 0 bridgehead atoms. The summed E-state index contributed by atoms with van der Waals surface area (Å²) in [6.07, 6.45) is 13.3. The molecule has 2 aromatic rings. The fourth-order valence-corrected chi connectivity index (χ4v) is 4.60. The summed E-state index contributed by atoms with van der Waals surface area (Å²) in [5, 5.41) is 0.679. The summed E-state index contributed by atoms with van der Waals surface area (Å²) in [7, 11) is 0. The van der Waals surface area contributed by atoms with Crippen molar-refractivity contribution in [2.45, 2.75) is 77.0 Å². The first kappa shape index (κ1) is 20.4. The average molecular weight is 387 g/mol. The maximum absolute atomic E-state index is 14.7. The monoisotopic (exact) mass is 386 g/mol. The Labute approximate surface area is 169 Å². The van der Waals surface area contributed by atoms with E-state index < -0.39 is 0 Å². The summed E-state index contributed by atoms with van der Waals surface area (Å²) in [5.41, 5.74) is 2.72. The molecule has 3 rings (SSSR count). The van der Waals surface area contributed by atoms with E-state index in [-0.39, 0.29) is 5.82 Å². The summed E-state index contributed by atoms with van der Waals surface area (Å²) in [4.78, 5) is 0. The van der Waals surface area contributed by atoms with Crippen LogP contribution < -0.4 is 0 Å². The first-order valence-corrected chi connectivity index (χ1v) is 11.1. The summed E-state index contributed by atoms with van der Waals surface area (Å²) < 4.78 is 14.7. The molecule has 27 heavy (non-hydrogen) atoms. The van der Waals surface area contributed by atoms with Gasteiger partial charge < -0.3 is 0 Å². The second-order valence-corrected chi connectivity index (χ2v) is 8.60. The van der Waals surface area contributed by atoms with Gasteiger partial charge in [0.05, 0.1) is 0 Å². The van der Waals surface area contributed by atoms with Crippen molar-refractivity contribution in [3.05, 3.63) is 58.9 Å². The summed E-state index contributed by atoms with van der Waals surface area (Å²) in [6.45, 7) is 2.27. The standard InChI is InChI=1S/C25H32ClF/c1-2-3-4-5-6-7-19-8-10-20(11-9-19)22-14-17-24(25(27)18-22)21-12-15-23(26)16-13-21/h12-20H,2-11H2,1H3. The fraction of sp³-hybridized carbons (Fsp3) is 0.520. The molecule has 2 heteroatoms. The number of unbranched alkanes of at least 4 members (excludes halogenated alkanes) is 4. The van der Waals surface area contributed by atoms with Crippen molar-refractivity contribution < 1.29 is 4.39 Å². The first-order valence-electron chi connectivity index (χ1n) is 10.7. The molecule has 0 aliphatic heterocycles. The molecule has 0 radical (unpaired) electrons. The van der Waals surface area contributed by atoms with Crippen LogP contribution in [0.2, 0.25) is 5.02 Å². The SMILES string of the molecule is CCCCCCCC1CCC(c2ccc(-c3ccc(Cl)cc3)c(F)c2)CC1. The average Bonchev–Trinajstić information content (AvgIpc) is 2.69. The Morgan fingerprint density at radius 2 is 1.59 bits per heavy atom. The minimum atomic E-state index is -0.118. The van der Waals surface area contributed by atoms with Gasteiger partial charge in [0.15, 0.2) is 0 Å². The lowest BCUT2D eigenvalue weighted by molar-refractivity contribution is 0.301. The second-order valence-electron chi connectivity index (χ2n) is 8.17. The third-order valence-corrected chi connectivity index (χ3v) is 6.43. The van der Waals surface area contributed by atoms with Crippen LogP contribution in [0.3, 0.4) is 0 Å². The normalized spacial score (nSPS) is 20.0. The summed E-state index contributed by atoms with van der Waals surface area (Å²) in [5.74, 6) is 1.30. The van der Waals surface area contributed by atoms with Crippen molar-refractivity contribution >= 4 is 11.6 Å². The maximum Gasteiger partial charge on any atom is 0.131 e. The Bertz CT molecular complexity index is 699. The maximum atomic E-state index is 14.7. The molecule has 1 aliphatic rings. The Morgan fingerprint density at radius 1 is 0.889 bits per heavy atom. The molecule has 0 aromatic heterocycles. The number of halogens is 2. The summed E-state index contributed by atoms with van der Waals surface area (Å²) >= 11 is 5.94. The van der Waals surface area contributed by atoms with E-state index in [1.165, 1.54) is 69.8 Å². The number of hydrogen-bond acceptors (Lipinski definition) is 0. The van der Waals surface area contributed by atoms with Crippen molar-refractivity contribution in [1.29, 1.82) is 0 Å². The van der Waals surface area contributed by atoms with Gasteiger partial charge in [-0.1, -0.05) is 81.3 Å². The lowest BCUT2D eigenvalue weighted by atomic mass is 9.77. The molecule has 146 valence electrons. The summed E-state index contributed by atoms with van der Waals surface area (Å²) in [6, 6.07) is 13.2. The van der Waals surface area contributed by atoms with E-state index in [0.29, 0.717) is 16.5 Å². The molecule has 0 unspecified atom stereocenters. The zero-order valence-electron chi connectivity index (χ0n) is 16.5. The highest BCUT2D eigenvalue weighted by atomic mass is 35.5. The van der Waals surface area contributed by atoms with E-state index in [1.807, 2.05) is 30.3 Å². The molecular formula is C25H32ClF. The molecule has 2 aromatic carbocycles. The van der Waals surface area contributed by atoms with Gasteiger partial charge in [-0.3, -0.25) is 0 Å². The third-order valence-electron chi connectivity index (χ3n) is 6.18. The van der Waals surface area contributed by atoms with E-state index in [1.54, 1.807) is 6.07 Å². The van der Waals surface area contributed by atoms with E-state index in [0.717, 1.165) is 11.5 Å². The van der Waals surface area contributed by atoms with Gasteiger partial charge in [0.1, 0.15) is 5.82 Å². The smallest absolute Gasteiger partial charge is 0.131 e. The number of rotatable bonds is 8. The molecule has 0 saturated heterocycles.